The zero-order valence-electron chi connectivity index (χ0n) is 14.4. The normalized spacial score (nSPS) is 11.4. The molecule has 0 atom stereocenters. The van der Waals surface area contributed by atoms with Crippen molar-refractivity contribution in [2.24, 2.45) is 0 Å². The summed E-state index contributed by atoms with van der Waals surface area (Å²) in [6.45, 7) is 5.76. The first kappa shape index (κ1) is 19.9. The molecule has 10 heteroatoms. The van der Waals surface area contributed by atoms with Gasteiger partial charge in [-0.2, -0.15) is 9.78 Å². The molecule has 0 unspecified atom stereocenters. The maximum Gasteiger partial charge on any atom is 0.344 e. The largest absolute Gasteiger partial charge is 0.478 e. The van der Waals surface area contributed by atoms with Gasteiger partial charge in [-0.15, -0.1) is 0 Å². The molecular weight excluding hydrogens is 382 g/mol. The molecule has 0 saturated heterocycles. The number of aromatic nitrogens is 2. The Morgan fingerprint density at radius 1 is 1.27 bits per heavy atom. The summed E-state index contributed by atoms with van der Waals surface area (Å²) in [6.07, 6.45) is 0.905. The Hall–Kier alpha value is -2.39. The van der Waals surface area contributed by atoms with Crippen LogP contribution in [0.1, 0.15) is 29.8 Å². The van der Waals surface area contributed by atoms with E-state index in [9.17, 15) is 23.1 Å². The summed E-state index contributed by atoms with van der Waals surface area (Å²) in [7, 11) is -4.34. The zero-order valence-corrected chi connectivity index (χ0v) is 16.0. The number of sulfone groups is 1. The van der Waals surface area contributed by atoms with Crippen LogP contribution in [0.25, 0.3) is 0 Å². The van der Waals surface area contributed by atoms with Crippen molar-refractivity contribution in [3.05, 3.63) is 40.5 Å². The van der Waals surface area contributed by atoms with E-state index in [4.69, 9.17) is 11.6 Å². The minimum absolute atomic E-state index is 0.0500. The number of carbonyl (C=O) groups is 2. The zero-order chi connectivity index (χ0) is 19.6. The SMILES string of the molecule is CCN(CC)C(=O)n1cc(C(=O)O)c(S(=O)(=O)c2c(C)cccc2Cl)n1. The number of aromatic carboxylic acids is 1. The van der Waals surface area contributed by atoms with Gasteiger partial charge in [-0.1, -0.05) is 23.7 Å². The molecule has 0 aliphatic heterocycles. The van der Waals surface area contributed by atoms with E-state index in [-0.39, 0.29) is 9.92 Å². The number of carbonyl (C=O) groups excluding carboxylic acids is 1. The van der Waals surface area contributed by atoms with Gasteiger partial charge in [-0.3, -0.25) is 0 Å². The molecule has 1 N–H and O–H groups in total. The quantitative estimate of drug-likeness (QED) is 0.827. The number of benzene rings is 1. The van der Waals surface area contributed by atoms with Gasteiger partial charge in [0.25, 0.3) is 0 Å². The number of aryl methyl sites for hydroxylation is 1. The van der Waals surface area contributed by atoms with Crippen molar-refractivity contribution in [3.63, 3.8) is 0 Å². The van der Waals surface area contributed by atoms with Crippen LogP contribution in [0.5, 0.6) is 0 Å². The number of nitrogens with zero attached hydrogens (tertiary/aromatic N) is 3. The molecule has 0 aliphatic carbocycles. The summed E-state index contributed by atoms with van der Waals surface area (Å²) in [5, 5.41) is 12.4. The summed E-state index contributed by atoms with van der Waals surface area (Å²) < 4.78 is 26.7. The number of halogens is 1. The Kier molecular flexibility index (Phi) is 5.72. The first-order valence-corrected chi connectivity index (χ1v) is 9.63. The lowest BCUT2D eigenvalue weighted by Crippen LogP contribution is -2.34. The average Bonchev–Trinajstić information content (AvgIpc) is 3.02. The van der Waals surface area contributed by atoms with Crippen molar-refractivity contribution in [3.8, 4) is 0 Å². The third-order valence-electron chi connectivity index (χ3n) is 3.83. The molecule has 1 aromatic carbocycles. The molecule has 1 aromatic heterocycles. The smallest absolute Gasteiger partial charge is 0.344 e. The number of hydrogen-bond donors (Lipinski definition) is 1. The van der Waals surface area contributed by atoms with Crippen LogP contribution in [0.2, 0.25) is 5.02 Å². The number of hydrogen-bond acceptors (Lipinski definition) is 5. The van der Waals surface area contributed by atoms with Crippen LogP contribution >= 0.6 is 11.6 Å². The number of carboxylic acids is 1. The van der Waals surface area contributed by atoms with E-state index in [1.54, 1.807) is 19.9 Å². The topological polar surface area (TPSA) is 110 Å². The van der Waals surface area contributed by atoms with Gasteiger partial charge >= 0.3 is 12.0 Å². The van der Waals surface area contributed by atoms with Gasteiger partial charge < -0.3 is 10.0 Å². The number of amides is 1. The monoisotopic (exact) mass is 399 g/mol. The van der Waals surface area contributed by atoms with Gasteiger partial charge in [0.15, 0.2) is 5.03 Å². The lowest BCUT2D eigenvalue weighted by Gasteiger charge is -2.17. The fourth-order valence-electron chi connectivity index (χ4n) is 2.49. The van der Waals surface area contributed by atoms with E-state index in [0.717, 1.165) is 10.9 Å². The summed E-state index contributed by atoms with van der Waals surface area (Å²) >= 11 is 6.02. The second-order valence-corrected chi connectivity index (χ2v) is 7.65. The third kappa shape index (κ3) is 3.45. The first-order chi connectivity index (χ1) is 12.1. The van der Waals surface area contributed by atoms with E-state index in [1.807, 2.05) is 0 Å². The highest BCUT2D eigenvalue weighted by atomic mass is 35.5. The van der Waals surface area contributed by atoms with Crippen LogP contribution in [0, 0.1) is 6.92 Å². The van der Waals surface area contributed by atoms with Crippen LogP contribution in [0.15, 0.2) is 34.3 Å². The molecule has 26 heavy (non-hydrogen) atoms. The molecule has 1 amide bonds. The molecule has 140 valence electrons. The second-order valence-electron chi connectivity index (χ2n) is 5.44. The summed E-state index contributed by atoms with van der Waals surface area (Å²) in [5.74, 6) is -1.51. The van der Waals surface area contributed by atoms with Gasteiger partial charge in [0.2, 0.25) is 9.84 Å². The summed E-state index contributed by atoms with van der Waals surface area (Å²) in [4.78, 5) is 25.1. The van der Waals surface area contributed by atoms with E-state index < -0.39 is 32.4 Å². The van der Waals surface area contributed by atoms with E-state index in [0.29, 0.717) is 18.7 Å². The predicted molar refractivity (Wildman–Crippen MR) is 94.5 cm³/mol. The van der Waals surface area contributed by atoms with Crippen molar-refractivity contribution in [1.29, 1.82) is 0 Å². The van der Waals surface area contributed by atoms with Crippen LogP contribution in [0.4, 0.5) is 4.79 Å². The molecule has 8 nitrogen and oxygen atoms in total. The Morgan fingerprint density at radius 3 is 2.38 bits per heavy atom. The van der Waals surface area contributed by atoms with Crippen LogP contribution in [0.3, 0.4) is 0 Å². The van der Waals surface area contributed by atoms with E-state index >= 15 is 0 Å². The summed E-state index contributed by atoms with van der Waals surface area (Å²) in [5.41, 5.74) is -0.247. The highest BCUT2D eigenvalue weighted by Crippen LogP contribution is 2.31. The highest BCUT2D eigenvalue weighted by Gasteiger charge is 2.33. The van der Waals surface area contributed by atoms with Gasteiger partial charge in [0, 0.05) is 13.1 Å². The predicted octanol–water partition coefficient (Wildman–Crippen LogP) is 2.69. The van der Waals surface area contributed by atoms with Crippen LogP contribution in [-0.4, -0.2) is 53.3 Å². The van der Waals surface area contributed by atoms with Crippen molar-refractivity contribution in [1.82, 2.24) is 14.7 Å². The fourth-order valence-corrected chi connectivity index (χ4v) is 4.66. The molecule has 0 bridgehead atoms. The first-order valence-electron chi connectivity index (χ1n) is 7.77. The maximum absolute atomic E-state index is 13.0. The van der Waals surface area contributed by atoms with Crippen molar-refractivity contribution in [2.75, 3.05) is 13.1 Å². The molecule has 2 rings (SSSR count). The Bertz CT molecular complexity index is 944. The van der Waals surface area contributed by atoms with E-state index in [1.165, 1.54) is 24.0 Å². The molecule has 1 heterocycles. The fraction of sp³-hybridized carbons (Fsp3) is 0.312. The molecule has 2 aromatic rings. The van der Waals surface area contributed by atoms with Crippen LogP contribution < -0.4 is 0 Å². The molecule has 0 radical (unpaired) electrons. The van der Waals surface area contributed by atoms with Crippen molar-refractivity contribution >= 4 is 33.4 Å². The third-order valence-corrected chi connectivity index (χ3v) is 6.14. The van der Waals surface area contributed by atoms with Gasteiger partial charge in [0.05, 0.1) is 16.1 Å². The summed E-state index contributed by atoms with van der Waals surface area (Å²) in [6, 6.07) is 3.89. The lowest BCUT2D eigenvalue weighted by atomic mass is 10.2. The molecule has 0 spiro atoms. The minimum Gasteiger partial charge on any atom is -0.478 e. The van der Waals surface area contributed by atoms with Crippen molar-refractivity contribution in [2.45, 2.75) is 30.7 Å². The number of rotatable bonds is 5. The Morgan fingerprint density at radius 2 is 1.88 bits per heavy atom. The molecular formula is C16H18ClN3O5S. The molecule has 0 fully saturated rings. The lowest BCUT2D eigenvalue weighted by molar-refractivity contribution is 0.0692. The standard InChI is InChI=1S/C16H18ClN3O5S/c1-4-19(5-2)16(23)20-9-11(15(21)22)14(18-20)26(24,25)13-10(3)7-6-8-12(13)17/h6-9H,4-5H2,1-3H3,(H,21,22). The Balaban J connectivity index is 2.69. The Labute approximate surface area is 155 Å². The molecule has 0 saturated carbocycles. The number of carboxylic acid groups (broad SMARTS) is 1. The maximum atomic E-state index is 13.0. The highest BCUT2D eigenvalue weighted by molar-refractivity contribution is 7.91. The van der Waals surface area contributed by atoms with Gasteiger partial charge in [-0.25, -0.2) is 18.0 Å². The minimum atomic E-state index is -4.34. The van der Waals surface area contributed by atoms with Gasteiger partial charge in [0.1, 0.15) is 5.56 Å². The average molecular weight is 400 g/mol. The second kappa shape index (κ2) is 7.46. The molecule has 0 aliphatic rings. The van der Waals surface area contributed by atoms with Crippen molar-refractivity contribution < 1.29 is 23.1 Å². The van der Waals surface area contributed by atoms with E-state index in [2.05, 4.69) is 5.10 Å². The van der Waals surface area contributed by atoms with Crippen LogP contribution in [-0.2, 0) is 9.84 Å². The van der Waals surface area contributed by atoms with Gasteiger partial charge in [-0.05, 0) is 32.4 Å².